The fourth-order valence-electron chi connectivity index (χ4n) is 1.18. The van der Waals surface area contributed by atoms with Gasteiger partial charge in [-0.05, 0) is 17.5 Å². The van der Waals surface area contributed by atoms with E-state index in [9.17, 15) is 0 Å². The Labute approximate surface area is 80.0 Å². The van der Waals surface area contributed by atoms with Crippen LogP contribution in [0.1, 0.15) is 24.6 Å². The van der Waals surface area contributed by atoms with Crippen molar-refractivity contribution in [3.8, 4) is 0 Å². The van der Waals surface area contributed by atoms with Gasteiger partial charge >= 0.3 is 0 Å². The van der Waals surface area contributed by atoms with Gasteiger partial charge < -0.3 is 5.73 Å². The van der Waals surface area contributed by atoms with Crippen LogP contribution in [-0.4, -0.2) is 14.3 Å². The standard InChI is InChI=1S/C8H10N4S/c1-4(2)7-5-6(12-13-7)8(9)11-3-10-5/h3-4H,1-2H3,(H2,9,10,11). The summed E-state index contributed by atoms with van der Waals surface area (Å²) >= 11 is 1.45. The lowest BCUT2D eigenvalue weighted by molar-refractivity contribution is 0.893. The molecule has 0 amide bonds. The predicted octanol–water partition coefficient (Wildman–Crippen LogP) is 1.79. The zero-order valence-electron chi connectivity index (χ0n) is 7.48. The van der Waals surface area contributed by atoms with Crippen LogP contribution in [0, 0.1) is 0 Å². The average molecular weight is 194 g/mol. The van der Waals surface area contributed by atoms with Crippen molar-refractivity contribution >= 4 is 28.4 Å². The quantitative estimate of drug-likeness (QED) is 0.751. The first-order valence-electron chi connectivity index (χ1n) is 4.06. The smallest absolute Gasteiger partial charge is 0.154 e. The van der Waals surface area contributed by atoms with Crippen molar-refractivity contribution in [3.63, 3.8) is 0 Å². The highest BCUT2D eigenvalue weighted by molar-refractivity contribution is 7.07. The second-order valence-electron chi connectivity index (χ2n) is 3.16. The van der Waals surface area contributed by atoms with Gasteiger partial charge in [-0.15, -0.1) is 0 Å². The maximum atomic E-state index is 5.66. The number of aromatic nitrogens is 3. The fourth-order valence-corrected chi connectivity index (χ4v) is 2.00. The molecular weight excluding hydrogens is 184 g/mol. The molecule has 4 nitrogen and oxygen atoms in total. The SMILES string of the molecule is CC(C)c1snc2c(N)ncnc12. The summed E-state index contributed by atoms with van der Waals surface area (Å²) in [6, 6.07) is 0. The summed E-state index contributed by atoms with van der Waals surface area (Å²) in [5, 5.41) is 0. The molecule has 0 atom stereocenters. The highest BCUT2D eigenvalue weighted by Crippen LogP contribution is 2.28. The van der Waals surface area contributed by atoms with Crippen LogP contribution in [0.15, 0.2) is 6.33 Å². The Kier molecular flexibility index (Phi) is 1.88. The van der Waals surface area contributed by atoms with E-state index in [4.69, 9.17) is 5.73 Å². The second kappa shape index (κ2) is 2.92. The van der Waals surface area contributed by atoms with Crippen molar-refractivity contribution in [1.29, 1.82) is 0 Å². The van der Waals surface area contributed by atoms with E-state index < -0.39 is 0 Å². The molecule has 0 aromatic carbocycles. The van der Waals surface area contributed by atoms with Crippen molar-refractivity contribution in [2.24, 2.45) is 0 Å². The van der Waals surface area contributed by atoms with Crippen LogP contribution in [0.4, 0.5) is 5.82 Å². The summed E-state index contributed by atoms with van der Waals surface area (Å²) in [6.45, 7) is 4.23. The Morgan fingerprint density at radius 2 is 2.08 bits per heavy atom. The molecule has 5 heteroatoms. The normalized spacial score (nSPS) is 11.3. The fraction of sp³-hybridized carbons (Fsp3) is 0.375. The largest absolute Gasteiger partial charge is 0.382 e. The monoisotopic (exact) mass is 194 g/mol. The highest BCUT2D eigenvalue weighted by Gasteiger charge is 2.12. The van der Waals surface area contributed by atoms with Gasteiger partial charge in [0.1, 0.15) is 17.4 Å². The molecule has 2 rings (SSSR count). The van der Waals surface area contributed by atoms with Crippen LogP contribution in [0.3, 0.4) is 0 Å². The van der Waals surface area contributed by atoms with E-state index in [1.54, 1.807) is 0 Å². The summed E-state index contributed by atoms with van der Waals surface area (Å²) in [6.07, 6.45) is 1.48. The van der Waals surface area contributed by atoms with Gasteiger partial charge in [0.25, 0.3) is 0 Å². The van der Waals surface area contributed by atoms with Crippen LogP contribution >= 0.6 is 11.5 Å². The van der Waals surface area contributed by atoms with E-state index in [2.05, 4.69) is 28.2 Å². The Morgan fingerprint density at radius 1 is 1.31 bits per heavy atom. The Bertz CT molecular complexity index is 435. The zero-order chi connectivity index (χ0) is 9.42. The molecular formula is C8H10N4S. The van der Waals surface area contributed by atoms with Crippen LogP contribution in [-0.2, 0) is 0 Å². The van der Waals surface area contributed by atoms with Gasteiger partial charge in [0.15, 0.2) is 5.82 Å². The summed E-state index contributed by atoms with van der Waals surface area (Å²) < 4.78 is 4.23. The van der Waals surface area contributed by atoms with Gasteiger partial charge in [-0.1, -0.05) is 13.8 Å². The molecule has 0 radical (unpaired) electrons. The minimum atomic E-state index is 0.435. The maximum Gasteiger partial charge on any atom is 0.154 e. The van der Waals surface area contributed by atoms with E-state index >= 15 is 0 Å². The summed E-state index contributed by atoms with van der Waals surface area (Å²) in [5.74, 6) is 0.900. The second-order valence-corrected chi connectivity index (χ2v) is 3.96. The van der Waals surface area contributed by atoms with E-state index in [0.29, 0.717) is 11.7 Å². The molecule has 0 aliphatic carbocycles. The molecule has 68 valence electrons. The van der Waals surface area contributed by atoms with Crippen molar-refractivity contribution in [3.05, 3.63) is 11.2 Å². The minimum absolute atomic E-state index is 0.435. The first kappa shape index (κ1) is 8.37. The number of anilines is 1. The first-order chi connectivity index (χ1) is 6.20. The average Bonchev–Trinajstić information content (AvgIpc) is 2.48. The molecule has 0 saturated carbocycles. The highest BCUT2D eigenvalue weighted by atomic mass is 32.1. The molecule has 0 aliphatic rings. The Morgan fingerprint density at radius 3 is 2.77 bits per heavy atom. The van der Waals surface area contributed by atoms with Gasteiger partial charge in [-0.3, -0.25) is 0 Å². The number of fused-ring (bicyclic) bond motifs is 1. The Balaban J connectivity index is 2.75. The minimum Gasteiger partial charge on any atom is -0.382 e. The molecule has 0 aliphatic heterocycles. The molecule has 2 heterocycles. The molecule has 13 heavy (non-hydrogen) atoms. The number of nitrogens with two attached hydrogens (primary N) is 1. The van der Waals surface area contributed by atoms with Crippen molar-refractivity contribution in [2.45, 2.75) is 19.8 Å². The van der Waals surface area contributed by atoms with Gasteiger partial charge in [0.05, 0.1) is 4.88 Å². The molecule has 0 spiro atoms. The molecule has 0 fully saturated rings. The lowest BCUT2D eigenvalue weighted by Crippen LogP contribution is -1.93. The van der Waals surface area contributed by atoms with Crippen molar-refractivity contribution in [2.75, 3.05) is 5.73 Å². The first-order valence-corrected chi connectivity index (χ1v) is 4.83. The van der Waals surface area contributed by atoms with Crippen LogP contribution in [0.25, 0.3) is 11.0 Å². The third-order valence-corrected chi connectivity index (χ3v) is 2.98. The molecule has 2 aromatic rings. The molecule has 2 N–H and O–H groups in total. The number of nitrogen functional groups attached to an aromatic ring is 1. The predicted molar refractivity (Wildman–Crippen MR) is 53.7 cm³/mol. The number of nitrogens with zero attached hydrogens (tertiary/aromatic N) is 3. The van der Waals surface area contributed by atoms with Gasteiger partial charge in [0, 0.05) is 0 Å². The lowest BCUT2D eigenvalue weighted by Gasteiger charge is -1.99. The summed E-state index contributed by atoms with van der Waals surface area (Å²) in [5.41, 5.74) is 7.29. The molecule has 0 saturated heterocycles. The van der Waals surface area contributed by atoms with Crippen LogP contribution < -0.4 is 5.73 Å². The summed E-state index contributed by atoms with van der Waals surface area (Å²) in [7, 11) is 0. The number of hydrogen-bond donors (Lipinski definition) is 1. The van der Waals surface area contributed by atoms with E-state index in [1.165, 1.54) is 22.7 Å². The van der Waals surface area contributed by atoms with Crippen LogP contribution in [0.5, 0.6) is 0 Å². The maximum absolute atomic E-state index is 5.66. The third kappa shape index (κ3) is 1.25. The van der Waals surface area contributed by atoms with Crippen molar-refractivity contribution in [1.82, 2.24) is 14.3 Å². The van der Waals surface area contributed by atoms with Gasteiger partial charge in [-0.2, -0.15) is 4.37 Å². The molecule has 0 unspecified atom stereocenters. The lowest BCUT2D eigenvalue weighted by atomic mass is 10.1. The van der Waals surface area contributed by atoms with Gasteiger partial charge in [-0.25, -0.2) is 9.97 Å². The van der Waals surface area contributed by atoms with Crippen LogP contribution in [0.2, 0.25) is 0 Å². The zero-order valence-corrected chi connectivity index (χ0v) is 8.30. The van der Waals surface area contributed by atoms with Gasteiger partial charge in [0.2, 0.25) is 0 Å². The number of rotatable bonds is 1. The van der Waals surface area contributed by atoms with E-state index in [0.717, 1.165) is 11.0 Å². The topological polar surface area (TPSA) is 64.7 Å². The molecule has 2 aromatic heterocycles. The number of hydrogen-bond acceptors (Lipinski definition) is 5. The Hall–Kier alpha value is -1.23. The van der Waals surface area contributed by atoms with E-state index in [1.807, 2.05) is 0 Å². The van der Waals surface area contributed by atoms with Crippen molar-refractivity contribution < 1.29 is 0 Å². The summed E-state index contributed by atoms with van der Waals surface area (Å²) in [4.78, 5) is 9.24. The third-order valence-electron chi connectivity index (χ3n) is 1.84. The van der Waals surface area contributed by atoms with E-state index in [-0.39, 0.29) is 0 Å². The molecule has 0 bridgehead atoms.